The predicted octanol–water partition coefficient (Wildman–Crippen LogP) is 2.86. The maximum absolute atomic E-state index is 11.5. The first-order valence-electron chi connectivity index (χ1n) is 7.00. The van der Waals surface area contributed by atoms with Crippen LogP contribution in [-0.2, 0) is 0 Å². The van der Waals surface area contributed by atoms with Crippen molar-refractivity contribution < 1.29 is 23.4 Å². The number of hydrogen-bond donors (Lipinski definition) is 1. The van der Waals surface area contributed by atoms with Gasteiger partial charge in [-0.05, 0) is 24.6 Å². The third-order valence-corrected chi connectivity index (χ3v) is 3.56. The lowest BCUT2D eigenvalue weighted by atomic mass is 10.1. The molecular formula is C17H16O6. The van der Waals surface area contributed by atoms with Gasteiger partial charge in [-0.3, -0.25) is 0 Å². The van der Waals surface area contributed by atoms with Crippen molar-refractivity contribution in [3.63, 3.8) is 0 Å². The average molecular weight is 316 g/mol. The van der Waals surface area contributed by atoms with E-state index in [1.807, 2.05) is 0 Å². The quantitative estimate of drug-likeness (QED) is 0.576. The van der Waals surface area contributed by atoms with Crippen LogP contribution in [0.15, 0.2) is 50.2 Å². The van der Waals surface area contributed by atoms with Gasteiger partial charge in [-0.25, -0.2) is 4.79 Å². The second kappa shape index (κ2) is 5.81. The third-order valence-electron chi connectivity index (χ3n) is 3.56. The highest BCUT2D eigenvalue weighted by Crippen LogP contribution is 2.42. The maximum atomic E-state index is 11.5. The van der Waals surface area contributed by atoms with Crippen molar-refractivity contribution in [1.29, 1.82) is 0 Å². The molecule has 120 valence electrons. The Hall–Kier alpha value is -2.73. The number of hydrogen-bond acceptors (Lipinski definition) is 6. The molecule has 1 atom stereocenters. The summed E-state index contributed by atoms with van der Waals surface area (Å²) < 4.78 is 21.8. The van der Waals surface area contributed by atoms with E-state index in [1.54, 1.807) is 19.1 Å². The van der Waals surface area contributed by atoms with E-state index >= 15 is 0 Å². The molecule has 0 aliphatic carbocycles. The molecule has 1 N–H and O–H groups in total. The van der Waals surface area contributed by atoms with Crippen molar-refractivity contribution in [2.75, 3.05) is 13.7 Å². The number of aliphatic hydroxyl groups is 1. The fraction of sp³-hybridized carbons (Fsp3) is 0.235. The van der Waals surface area contributed by atoms with Crippen molar-refractivity contribution in [3.05, 3.63) is 47.0 Å². The van der Waals surface area contributed by atoms with Gasteiger partial charge in [-0.15, -0.1) is 0 Å². The lowest BCUT2D eigenvalue weighted by Crippen LogP contribution is -2.18. The summed E-state index contributed by atoms with van der Waals surface area (Å²) in [5, 5.41) is 11.1. The largest absolute Gasteiger partial charge is 0.490 e. The highest BCUT2D eigenvalue weighted by atomic mass is 16.5. The Morgan fingerprint density at radius 1 is 1.26 bits per heavy atom. The lowest BCUT2D eigenvalue weighted by molar-refractivity contribution is 0.137. The molecule has 6 nitrogen and oxygen atoms in total. The summed E-state index contributed by atoms with van der Waals surface area (Å²) in [5.74, 6) is 0.777. The van der Waals surface area contributed by atoms with E-state index in [-0.39, 0.29) is 12.2 Å². The minimum absolute atomic E-state index is 0.0240. The van der Waals surface area contributed by atoms with Crippen LogP contribution in [0, 0.1) is 0 Å². The number of benzene rings is 1. The second-order valence-electron chi connectivity index (χ2n) is 5.20. The molecule has 0 radical (unpaired) electrons. The summed E-state index contributed by atoms with van der Waals surface area (Å²) in [5.41, 5.74) is 0.740. The molecule has 0 aliphatic rings. The Morgan fingerprint density at radius 3 is 2.70 bits per heavy atom. The molecule has 0 aliphatic heterocycles. The molecule has 0 saturated heterocycles. The number of aliphatic hydroxyl groups excluding tert-OH is 1. The molecule has 0 spiro atoms. The summed E-state index contributed by atoms with van der Waals surface area (Å²) in [4.78, 5) is 11.5. The van der Waals surface area contributed by atoms with Crippen LogP contribution in [0.25, 0.3) is 21.9 Å². The Morgan fingerprint density at radius 2 is 2.00 bits per heavy atom. The van der Waals surface area contributed by atoms with Crippen molar-refractivity contribution in [2.24, 2.45) is 0 Å². The van der Waals surface area contributed by atoms with E-state index in [9.17, 15) is 9.90 Å². The smallest absolute Gasteiger partial charge is 0.336 e. The molecule has 0 saturated carbocycles. The van der Waals surface area contributed by atoms with E-state index < -0.39 is 11.7 Å². The van der Waals surface area contributed by atoms with Crippen LogP contribution in [0.5, 0.6) is 11.5 Å². The zero-order valence-electron chi connectivity index (χ0n) is 12.8. The number of ether oxygens (including phenoxy) is 2. The summed E-state index contributed by atoms with van der Waals surface area (Å²) in [6, 6.07) is 4.62. The van der Waals surface area contributed by atoms with Gasteiger partial charge < -0.3 is 23.4 Å². The minimum Gasteiger partial charge on any atom is -0.490 e. The normalized spacial score (nSPS) is 12.5. The number of fused-ring (bicyclic) bond motifs is 2. The van der Waals surface area contributed by atoms with Crippen LogP contribution in [0.3, 0.4) is 0 Å². The van der Waals surface area contributed by atoms with Gasteiger partial charge in [0.05, 0.1) is 24.1 Å². The van der Waals surface area contributed by atoms with Crippen molar-refractivity contribution in [3.8, 4) is 11.5 Å². The van der Waals surface area contributed by atoms with Gasteiger partial charge in [-0.2, -0.15) is 0 Å². The van der Waals surface area contributed by atoms with Crippen LogP contribution in [0.1, 0.15) is 6.92 Å². The van der Waals surface area contributed by atoms with Crippen molar-refractivity contribution in [2.45, 2.75) is 13.0 Å². The van der Waals surface area contributed by atoms with E-state index in [4.69, 9.17) is 18.3 Å². The molecule has 3 rings (SSSR count). The first-order valence-corrected chi connectivity index (χ1v) is 7.00. The van der Waals surface area contributed by atoms with Crippen LogP contribution < -0.4 is 15.1 Å². The topological polar surface area (TPSA) is 82.0 Å². The standard InChI is InChI=1S/C17H16O6/c1-9(2)12(18)8-22-14-10-4-5-13(19)23-16(10)17(20-3)15-11(14)6-7-21-15/h4-7,12,18H,1,8H2,2-3H3. The van der Waals surface area contributed by atoms with Crippen LogP contribution >= 0.6 is 0 Å². The summed E-state index contributed by atoms with van der Waals surface area (Å²) in [7, 11) is 1.47. The zero-order chi connectivity index (χ0) is 16.6. The van der Waals surface area contributed by atoms with Crippen LogP contribution in [0.2, 0.25) is 0 Å². The lowest BCUT2D eigenvalue weighted by Gasteiger charge is -2.15. The first-order chi connectivity index (χ1) is 11.0. The number of methoxy groups -OCH3 is 1. The minimum atomic E-state index is -0.801. The Balaban J connectivity index is 2.23. The first kappa shape index (κ1) is 15.2. The highest BCUT2D eigenvalue weighted by Gasteiger charge is 2.21. The Labute approximate surface area is 131 Å². The second-order valence-corrected chi connectivity index (χ2v) is 5.20. The highest BCUT2D eigenvalue weighted by molar-refractivity contribution is 6.06. The monoisotopic (exact) mass is 316 g/mol. The van der Waals surface area contributed by atoms with Gasteiger partial charge in [0, 0.05) is 6.07 Å². The maximum Gasteiger partial charge on any atom is 0.336 e. The van der Waals surface area contributed by atoms with E-state index in [1.165, 1.54) is 19.4 Å². The third kappa shape index (κ3) is 2.57. The molecule has 2 heterocycles. The Bertz CT molecular complexity index is 933. The summed E-state index contributed by atoms with van der Waals surface area (Å²) in [6.07, 6.45) is 0.691. The van der Waals surface area contributed by atoms with Crippen LogP contribution in [0.4, 0.5) is 0 Å². The van der Waals surface area contributed by atoms with Gasteiger partial charge in [0.2, 0.25) is 5.75 Å². The molecule has 0 amide bonds. The number of rotatable bonds is 5. The Kier molecular flexibility index (Phi) is 3.83. The van der Waals surface area contributed by atoms with Gasteiger partial charge in [0.1, 0.15) is 18.5 Å². The molecule has 1 aromatic carbocycles. The fourth-order valence-corrected chi connectivity index (χ4v) is 2.32. The fourth-order valence-electron chi connectivity index (χ4n) is 2.32. The van der Waals surface area contributed by atoms with Crippen molar-refractivity contribution >= 4 is 21.9 Å². The van der Waals surface area contributed by atoms with Gasteiger partial charge >= 0.3 is 5.63 Å². The molecule has 2 aromatic heterocycles. The molecule has 1 unspecified atom stereocenters. The molecule has 23 heavy (non-hydrogen) atoms. The molecule has 3 aromatic rings. The molecule has 6 heteroatoms. The zero-order valence-corrected chi connectivity index (χ0v) is 12.8. The van der Waals surface area contributed by atoms with Crippen molar-refractivity contribution in [1.82, 2.24) is 0 Å². The average Bonchev–Trinajstić information content (AvgIpc) is 3.00. The van der Waals surface area contributed by atoms with E-state index in [0.29, 0.717) is 33.4 Å². The predicted molar refractivity (Wildman–Crippen MR) is 85.1 cm³/mol. The van der Waals surface area contributed by atoms with E-state index in [0.717, 1.165) is 0 Å². The molecular weight excluding hydrogens is 300 g/mol. The van der Waals surface area contributed by atoms with Crippen LogP contribution in [-0.4, -0.2) is 24.9 Å². The number of furan rings is 1. The van der Waals surface area contributed by atoms with Gasteiger partial charge in [0.25, 0.3) is 0 Å². The molecule has 0 bridgehead atoms. The van der Waals surface area contributed by atoms with Gasteiger partial charge in [0.15, 0.2) is 11.2 Å². The van der Waals surface area contributed by atoms with Gasteiger partial charge in [-0.1, -0.05) is 6.58 Å². The van der Waals surface area contributed by atoms with E-state index in [2.05, 4.69) is 6.58 Å². The summed E-state index contributed by atoms with van der Waals surface area (Å²) >= 11 is 0. The molecule has 0 fully saturated rings. The SMILES string of the molecule is C=C(C)C(O)COc1c2ccoc2c(OC)c2oc(=O)ccc12. The summed E-state index contributed by atoms with van der Waals surface area (Å²) in [6.45, 7) is 5.43.